The van der Waals surface area contributed by atoms with Gasteiger partial charge in [-0.15, -0.1) is 0 Å². The molecule has 0 atom stereocenters. The molecule has 0 saturated carbocycles. The van der Waals surface area contributed by atoms with Crippen LogP contribution in [0.4, 0.5) is 0 Å². The summed E-state index contributed by atoms with van der Waals surface area (Å²) in [6.45, 7) is 1.50. The lowest BCUT2D eigenvalue weighted by Crippen LogP contribution is -2.22. The molecule has 0 unspecified atom stereocenters. The highest BCUT2D eigenvalue weighted by molar-refractivity contribution is 5.89. The molecule has 0 aliphatic rings. The van der Waals surface area contributed by atoms with Crippen LogP contribution in [0.2, 0.25) is 0 Å². The average Bonchev–Trinajstić information content (AvgIpc) is 2.06. The van der Waals surface area contributed by atoms with Crippen molar-refractivity contribution in [2.45, 2.75) is 6.92 Å². The second-order valence-corrected chi connectivity index (χ2v) is 2.40. The minimum atomic E-state index is -1.15. The number of aromatic nitrogens is 1. The third-order valence-corrected chi connectivity index (χ3v) is 1.41. The van der Waals surface area contributed by atoms with E-state index in [9.17, 15) is 9.90 Å². The molecule has 0 aliphatic carbocycles. The first-order chi connectivity index (χ1) is 5.70. The van der Waals surface area contributed by atoms with Gasteiger partial charge in [0, 0.05) is 12.4 Å². The van der Waals surface area contributed by atoms with Gasteiger partial charge in [0.2, 0.25) is 0 Å². The Morgan fingerprint density at radius 1 is 1.50 bits per heavy atom. The SMILES string of the molecule is C/C(=C\c1ccncc1)C(=O)[O-]. The Bertz CT molecular complexity index is 304. The summed E-state index contributed by atoms with van der Waals surface area (Å²) in [4.78, 5) is 14.1. The number of carbonyl (C=O) groups excluding carboxylic acids is 1. The molecule has 0 N–H and O–H groups in total. The van der Waals surface area contributed by atoms with Gasteiger partial charge in [-0.25, -0.2) is 0 Å². The molecule has 3 nitrogen and oxygen atoms in total. The third kappa shape index (κ3) is 2.20. The highest BCUT2D eigenvalue weighted by Gasteiger charge is 1.89. The van der Waals surface area contributed by atoms with E-state index >= 15 is 0 Å². The molecule has 0 bridgehead atoms. The van der Waals surface area contributed by atoms with Crippen molar-refractivity contribution in [3.8, 4) is 0 Å². The first-order valence-corrected chi connectivity index (χ1v) is 3.50. The monoisotopic (exact) mass is 162 g/mol. The van der Waals surface area contributed by atoms with E-state index in [-0.39, 0.29) is 5.57 Å². The molecule has 1 rings (SSSR count). The van der Waals surface area contributed by atoms with Crippen molar-refractivity contribution in [2.75, 3.05) is 0 Å². The molecule has 0 radical (unpaired) electrons. The van der Waals surface area contributed by atoms with E-state index in [1.54, 1.807) is 24.5 Å². The lowest BCUT2D eigenvalue weighted by atomic mass is 10.2. The maximum Gasteiger partial charge on any atom is 0.0672 e. The Morgan fingerprint density at radius 3 is 2.58 bits per heavy atom. The molecule has 0 saturated heterocycles. The van der Waals surface area contributed by atoms with Gasteiger partial charge in [0.05, 0.1) is 5.97 Å². The van der Waals surface area contributed by atoms with E-state index in [1.807, 2.05) is 0 Å². The van der Waals surface area contributed by atoms with Crippen LogP contribution in [0.1, 0.15) is 12.5 Å². The molecule has 62 valence electrons. The van der Waals surface area contributed by atoms with E-state index in [4.69, 9.17) is 0 Å². The summed E-state index contributed by atoms with van der Waals surface area (Å²) in [6, 6.07) is 3.46. The molecular weight excluding hydrogens is 154 g/mol. The summed E-state index contributed by atoms with van der Waals surface area (Å²) in [5, 5.41) is 10.3. The fourth-order valence-corrected chi connectivity index (χ4v) is 0.769. The topological polar surface area (TPSA) is 53.0 Å². The molecule has 0 spiro atoms. The van der Waals surface area contributed by atoms with Crippen LogP contribution in [0.3, 0.4) is 0 Å². The van der Waals surface area contributed by atoms with Crippen LogP contribution >= 0.6 is 0 Å². The molecule has 0 aromatic carbocycles. The molecule has 3 heteroatoms. The zero-order chi connectivity index (χ0) is 8.97. The number of carboxylic acids is 1. The van der Waals surface area contributed by atoms with Gasteiger partial charge in [-0.3, -0.25) is 4.98 Å². The summed E-state index contributed by atoms with van der Waals surface area (Å²) in [7, 11) is 0. The number of rotatable bonds is 2. The molecular formula is C9H8NO2-. The van der Waals surface area contributed by atoms with Crippen molar-refractivity contribution in [3.05, 3.63) is 35.7 Å². The van der Waals surface area contributed by atoms with Crippen LogP contribution in [-0.4, -0.2) is 11.0 Å². The van der Waals surface area contributed by atoms with Gasteiger partial charge in [0.15, 0.2) is 0 Å². The molecule has 1 heterocycles. The van der Waals surface area contributed by atoms with Gasteiger partial charge in [0.1, 0.15) is 0 Å². The number of pyridine rings is 1. The van der Waals surface area contributed by atoms with Crippen LogP contribution in [0.15, 0.2) is 30.1 Å². The standard InChI is InChI=1S/C9H9NO2/c1-7(9(11)12)6-8-2-4-10-5-3-8/h2-6H,1H3,(H,11,12)/p-1/b7-6+. The van der Waals surface area contributed by atoms with Crippen LogP contribution in [-0.2, 0) is 4.79 Å². The van der Waals surface area contributed by atoms with E-state index in [2.05, 4.69) is 4.98 Å². The number of hydrogen-bond donors (Lipinski definition) is 0. The largest absolute Gasteiger partial charge is 0.545 e. The van der Waals surface area contributed by atoms with E-state index in [0.29, 0.717) is 0 Å². The van der Waals surface area contributed by atoms with Gasteiger partial charge in [-0.2, -0.15) is 0 Å². The smallest absolute Gasteiger partial charge is 0.0672 e. The number of carbonyl (C=O) groups is 1. The van der Waals surface area contributed by atoms with Crippen molar-refractivity contribution in [1.82, 2.24) is 4.98 Å². The van der Waals surface area contributed by atoms with E-state index < -0.39 is 5.97 Å². The maximum absolute atomic E-state index is 10.3. The minimum Gasteiger partial charge on any atom is -0.545 e. The van der Waals surface area contributed by atoms with Crippen molar-refractivity contribution in [3.63, 3.8) is 0 Å². The van der Waals surface area contributed by atoms with Crippen molar-refractivity contribution < 1.29 is 9.90 Å². The second kappa shape index (κ2) is 3.67. The number of hydrogen-bond acceptors (Lipinski definition) is 3. The van der Waals surface area contributed by atoms with Crippen molar-refractivity contribution in [2.24, 2.45) is 0 Å². The van der Waals surface area contributed by atoms with Gasteiger partial charge in [-0.05, 0) is 30.2 Å². The summed E-state index contributed by atoms with van der Waals surface area (Å²) in [5.74, 6) is -1.15. The summed E-state index contributed by atoms with van der Waals surface area (Å²) >= 11 is 0. The highest BCUT2D eigenvalue weighted by Crippen LogP contribution is 2.03. The zero-order valence-electron chi connectivity index (χ0n) is 6.65. The van der Waals surface area contributed by atoms with Crippen LogP contribution < -0.4 is 5.11 Å². The molecule has 0 fully saturated rings. The Labute approximate surface area is 70.4 Å². The summed E-state index contributed by atoms with van der Waals surface area (Å²) in [5.41, 5.74) is 1.02. The van der Waals surface area contributed by atoms with Gasteiger partial charge >= 0.3 is 0 Å². The summed E-state index contributed by atoms with van der Waals surface area (Å²) in [6.07, 6.45) is 4.75. The fourth-order valence-electron chi connectivity index (χ4n) is 0.769. The molecule has 1 aromatic rings. The van der Waals surface area contributed by atoms with Crippen molar-refractivity contribution >= 4 is 12.0 Å². The average molecular weight is 162 g/mol. The maximum atomic E-state index is 10.3. The predicted octanol–water partition coefficient (Wildman–Crippen LogP) is 0.235. The van der Waals surface area contributed by atoms with Gasteiger partial charge < -0.3 is 9.90 Å². The van der Waals surface area contributed by atoms with Gasteiger partial charge in [-0.1, -0.05) is 6.08 Å². The van der Waals surface area contributed by atoms with Crippen LogP contribution in [0.5, 0.6) is 0 Å². The number of carboxylic acid groups (broad SMARTS) is 1. The Morgan fingerprint density at radius 2 is 2.08 bits per heavy atom. The predicted molar refractivity (Wildman–Crippen MR) is 42.9 cm³/mol. The van der Waals surface area contributed by atoms with Crippen molar-refractivity contribution in [1.29, 1.82) is 0 Å². The number of aliphatic carboxylic acids is 1. The normalized spacial score (nSPS) is 11.2. The fraction of sp³-hybridized carbons (Fsp3) is 0.111. The quantitative estimate of drug-likeness (QED) is 0.585. The molecule has 1 aromatic heterocycles. The molecule has 0 amide bonds. The Balaban J connectivity index is 2.89. The first-order valence-electron chi connectivity index (χ1n) is 3.50. The zero-order valence-corrected chi connectivity index (χ0v) is 6.65. The molecule has 12 heavy (non-hydrogen) atoms. The van der Waals surface area contributed by atoms with Gasteiger partial charge in [0.25, 0.3) is 0 Å². The lowest BCUT2D eigenvalue weighted by molar-refractivity contribution is -0.299. The van der Waals surface area contributed by atoms with Crippen LogP contribution in [0, 0.1) is 0 Å². The Hall–Kier alpha value is -1.64. The third-order valence-electron chi connectivity index (χ3n) is 1.41. The van der Waals surface area contributed by atoms with Crippen LogP contribution in [0.25, 0.3) is 6.08 Å². The highest BCUT2D eigenvalue weighted by atomic mass is 16.4. The lowest BCUT2D eigenvalue weighted by Gasteiger charge is -2.00. The minimum absolute atomic E-state index is 0.209. The first kappa shape index (κ1) is 8.46. The Kier molecular flexibility index (Phi) is 2.58. The van der Waals surface area contributed by atoms with E-state index in [1.165, 1.54) is 13.0 Å². The number of nitrogens with zero attached hydrogens (tertiary/aromatic N) is 1. The summed E-state index contributed by atoms with van der Waals surface area (Å²) < 4.78 is 0. The molecule has 0 aliphatic heterocycles. The van der Waals surface area contributed by atoms with E-state index in [0.717, 1.165) is 5.56 Å². The second-order valence-electron chi connectivity index (χ2n) is 2.40.